The van der Waals surface area contributed by atoms with Crippen LogP contribution in [0.1, 0.15) is 30.7 Å². The van der Waals surface area contributed by atoms with Crippen molar-refractivity contribution < 1.29 is 0 Å². The quantitative estimate of drug-likeness (QED) is 0.918. The van der Waals surface area contributed by atoms with E-state index in [2.05, 4.69) is 10.3 Å². The van der Waals surface area contributed by atoms with Gasteiger partial charge in [-0.3, -0.25) is 0 Å². The summed E-state index contributed by atoms with van der Waals surface area (Å²) in [6, 6.07) is 6.62. The maximum Gasteiger partial charge on any atom is 0.0939 e. The maximum absolute atomic E-state index is 6.00. The summed E-state index contributed by atoms with van der Waals surface area (Å²) in [4.78, 5) is 4.67. The highest BCUT2D eigenvalue weighted by Crippen LogP contribution is 2.26. The predicted octanol–water partition coefficient (Wildman–Crippen LogP) is 4.02. The summed E-state index contributed by atoms with van der Waals surface area (Å²) < 4.78 is 1.20. The number of nitrogens with zero attached hydrogens (tertiary/aromatic N) is 1. The zero-order chi connectivity index (χ0) is 12.4. The van der Waals surface area contributed by atoms with Crippen LogP contribution in [0.25, 0.3) is 10.2 Å². The van der Waals surface area contributed by atoms with Crippen LogP contribution >= 0.6 is 22.9 Å². The van der Waals surface area contributed by atoms with E-state index < -0.39 is 0 Å². The van der Waals surface area contributed by atoms with Crippen molar-refractivity contribution in [1.29, 1.82) is 0 Å². The van der Waals surface area contributed by atoms with Gasteiger partial charge < -0.3 is 5.32 Å². The van der Waals surface area contributed by atoms with Crippen LogP contribution in [0, 0.1) is 0 Å². The minimum absolute atomic E-state index is 0.689. The van der Waals surface area contributed by atoms with E-state index >= 15 is 0 Å². The van der Waals surface area contributed by atoms with Gasteiger partial charge in [0.05, 0.1) is 15.2 Å². The Morgan fingerprint density at radius 3 is 3.17 bits per heavy atom. The molecule has 0 spiro atoms. The van der Waals surface area contributed by atoms with E-state index in [4.69, 9.17) is 11.6 Å². The van der Waals surface area contributed by atoms with Crippen molar-refractivity contribution in [2.75, 3.05) is 6.54 Å². The molecule has 0 bridgehead atoms. The Morgan fingerprint density at radius 1 is 1.39 bits per heavy atom. The lowest BCUT2D eigenvalue weighted by molar-refractivity contribution is 0.383. The molecule has 0 radical (unpaired) electrons. The van der Waals surface area contributed by atoms with Crippen LogP contribution in [0.5, 0.6) is 0 Å². The first-order valence-electron chi connectivity index (χ1n) is 6.59. The highest BCUT2D eigenvalue weighted by atomic mass is 35.5. The monoisotopic (exact) mass is 280 g/mol. The minimum Gasteiger partial charge on any atom is -0.314 e. The zero-order valence-electron chi connectivity index (χ0n) is 10.3. The Hall–Kier alpha value is -0.640. The van der Waals surface area contributed by atoms with Gasteiger partial charge in [-0.05, 0) is 44.0 Å². The Morgan fingerprint density at radius 2 is 2.33 bits per heavy atom. The van der Waals surface area contributed by atoms with Gasteiger partial charge in [0.15, 0.2) is 0 Å². The molecule has 2 aromatic rings. The number of fused-ring (bicyclic) bond motifs is 1. The van der Waals surface area contributed by atoms with Crippen LogP contribution in [0.15, 0.2) is 18.2 Å². The first-order chi connectivity index (χ1) is 8.81. The van der Waals surface area contributed by atoms with Crippen molar-refractivity contribution in [2.45, 2.75) is 38.1 Å². The number of aromatic nitrogens is 1. The van der Waals surface area contributed by atoms with Gasteiger partial charge in [0.1, 0.15) is 0 Å². The third kappa shape index (κ3) is 2.85. The third-order valence-electron chi connectivity index (χ3n) is 3.51. The number of hydrogen-bond acceptors (Lipinski definition) is 3. The number of benzene rings is 1. The number of rotatable bonds is 3. The van der Waals surface area contributed by atoms with Crippen LogP contribution in [0.2, 0.25) is 5.02 Å². The molecule has 1 aliphatic heterocycles. The summed E-state index contributed by atoms with van der Waals surface area (Å²) in [7, 11) is 0. The van der Waals surface area contributed by atoms with Crippen LogP contribution < -0.4 is 5.32 Å². The second-order valence-electron chi connectivity index (χ2n) is 4.91. The molecule has 0 amide bonds. The number of aryl methyl sites for hydroxylation is 1. The van der Waals surface area contributed by atoms with Crippen LogP contribution in [0.3, 0.4) is 0 Å². The fourth-order valence-corrected chi connectivity index (χ4v) is 3.78. The largest absolute Gasteiger partial charge is 0.314 e. The van der Waals surface area contributed by atoms with Crippen molar-refractivity contribution in [3.05, 3.63) is 28.2 Å². The predicted molar refractivity (Wildman–Crippen MR) is 78.6 cm³/mol. The van der Waals surface area contributed by atoms with Gasteiger partial charge in [-0.1, -0.05) is 18.0 Å². The van der Waals surface area contributed by atoms with Gasteiger partial charge >= 0.3 is 0 Å². The normalized spacial score (nSPS) is 20.4. The summed E-state index contributed by atoms with van der Waals surface area (Å²) in [5.41, 5.74) is 1.08. The van der Waals surface area contributed by atoms with Gasteiger partial charge in [0.25, 0.3) is 0 Å². The lowest BCUT2D eigenvalue weighted by atomic mass is 10.0. The van der Waals surface area contributed by atoms with Crippen molar-refractivity contribution in [1.82, 2.24) is 10.3 Å². The number of thiazole rings is 1. The molecule has 96 valence electrons. The Labute approximate surface area is 116 Å². The van der Waals surface area contributed by atoms with Crippen LogP contribution in [-0.2, 0) is 6.42 Å². The van der Waals surface area contributed by atoms with Crippen molar-refractivity contribution in [2.24, 2.45) is 0 Å². The average molecular weight is 281 g/mol. The minimum atomic E-state index is 0.689. The Bertz CT molecular complexity index is 532. The maximum atomic E-state index is 6.00. The SMILES string of the molecule is Clc1ccc2nc(CCC3CCCCN3)sc2c1. The fourth-order valence-electron chi connectivity index (χ4n) is 2.52. The lowest BCUT2D eigenvalue weighted by Crippen LogP contribution is -2.34. The van der Waals surface area contributed by atoms with E-state index in [1.54, 1.807) is 11.3 Å². The van der Waals surface area contributed by atoms with E-state index in [-0.39, 0.29) is 0 Å². The van der Waals surface area contributed by atoms with Crippen LogP contribution in [-0.4, -0.2) is 17.6 Å². The van der Waals surface area contributed by atoms with Gasteiger partial charge in [0.2, 0.25) is 0 Å². The second kappa shape index (κ2) is 5.55. The molecule has 0 saturated carbocycles. The lowest BCUT2D eigenvalue weighted by Gasteiger charge is -2.22. The first kappa shape index (κ1) is 12.4. The first-order valence-corrected chi connectivity index (χ1v) is 7.79. The van der Waals surface area contributed by atoms with Crippen LogP contribution in [0.4, 0.5) is 0 Å². The summed E-state index contributed by atoms with van der Waals surface area (Å²) in [5.74, 6) is 0. The molecule has 1 aliphatic rings. The molecule has 18 heavy (non-hydrogen) atoms. The van der Waals surface area contributed by atoms with Gasteiger partial charge in [-0.25, -0.2) is 4.98 Å². The molecular formula is C14H17ClN2S. The Balaban J connectivity index is 1.67. The molecule has 1 unspecified atom stereocenters. The zero-order valence-corrected chi connectivity index (χ0v) is 11.9. The number of hydrogen-bond donors (Lipinski definition) is 1. The number of piperidine rings is 1. The average Bonchev–Trinajstić information content (AvgIpc) is 2.79. The highest BCUT2D eigenvalue weighted by molar-refractivity contribution is 7.18. The molecule has 1 aromatic carbocycles. The molecule has 1 fully saturated rings. The molecular weight excluding hydrogens is 264 g/mol. The smallest absolute Gasteiger partial charge is 0.0939 e. The highest BCUT2D eigenvalue weighted by Gasteiger charge is 2.13. The molecule has 0 aliphatic carbocycles. The van der Waals surface area contributed by atoms with Gasteiger partial charge in [0, 0.05) is 17.5 Å². The number of nitrogens with one attached hydrogen (secondary N) is 1. The molecule has 2 heterocycles. The van der Waals surface area contributed by atoms with E-state index in [1.165, 1.54) is 41.9 Å². The third-order valence-corrected chi connectivity index (χ3v) is 4.83. The molecule has 3 rings (SSSR count). The van der Waals surface area contributed by atoms with Gasteiger partial charge in [-0.15, -0.1) is 11.3 Å². The second-order valence-corrected chi connectivity index (χ2v) is 6.46. The standard InChI is InChI=1S/C14H17ClN2S/c15-10-4-6-12-13(9-10)18-14(17-12)7-5-11-3-1-2-8-16-11/h4,6,9,11,16H,1-3,5,7-8H2. The molecule has 1 aromatic heterocycles. The van der Waals surface area contributed by atoms with E-state index in [0.29, 0.717) is 6.04 Å². The van der Waals surface area contributed by atoms with Crippen molar-refractivity contribution >= 4 is 33.2 Å². The van der Waals surface area contributed by atoms with E-state index in [0.717, 1.165) is 17.0 Å². The van der Waals surface area contributed by atoms with E-state index in [9.17, 15) is 0 Å². The van der Waals surface area contributed by atoms with E-state index in [1.807, 2.05) is 18.2 Å². The summed E-state index contributed by atoms with van der Waals surface area (Å²) in [6.07, 6.45) is 6.29. The summed E-state index contributed by atoms with van der Waals surface area (Å²) in [6.45, 7) is 1.18. The van der Waals surface area contributed by atoms with Crippen molar-refractivity contribution in [3.63, 3.8) is 0 Å². The van der Waals surface area contributed by atoms with Gasteiger partial charge in [-0.2, -0.15) is 0 Å². The summed E-state index contributed by atoms with van der Waals surface area (Å²) in [5, 5.41) is 5.62. The Kier molecular flexibility index (Phi) is 3.83. The molecule has 1 saturated heterocycles. The van der Waals surface area contributed by atoms with Crippen molar-refractivity contribution in [3.8, 4) is 0 Å². The molecule has 2 nitrogen and oxygen atoms in total. The molecule has 1 N–H and O–H groups in total. The topological polar surface area (TPSA) is 24.9 Å². The number of halogens is 1. The molecule has 1 atom stereocenters. The molecule has 4 heteroatoms. The fraction of sp³-hybridized carbons (Fsp3) is 0.500. The summed E-state index contributed by atoms with van der Waals surface area (Å²) >= 11 is 7.77.